The van der Waals surface area contributed by atoms with Crippen LogP contribution in [0.3, 0.4) is 0 Å². The maximum Gasteiger partial charge on any atom is 0.169 e. The van der Waals surface area contributed by atoms with Crippen LogP contribution in [0.15, 0.2) is 0 Å². The maximum atomic E-state index is 5.32. The van der Waals surface area contributed by atoms with Crippen molar-refractivity contribution >= 4 is 17.3 Å². The molecule has 0 spiro atoms. The van der Waals surface area contributed by atoms with Crippen LogP contribution >= 0.6 is 12.2 Å². The van der Waals surface area contributed by atoms with Crippen molar-refractivity contribution < 1.29 is 9.47 Å². The SMILES string of the molecule is CCNC(=S)N1CC(OC)C(OC)C1. The van der Waals surface area contributed by atoms with Crippen molar-refractivity contribution in [3.8, 4) is 0 Å². The Morgan fingerprint density at radius 3 is 2.21 bits per heavy atom. The summed E-state index contributed by atoms with van der Waals surface area (Å²) in [5.41, 5.74) is 0. The van der Waals surface area contributed by atoms with Crippen LogP contribution in [-0.2, 0) is 9.47 Å². The summed E-state index contributed by atoms with van der Waals surface area (Å²) >= 11 is 5.22. The molecule has 82 valence electrons. The summed E-state index contributed by atoms with van der Waals surface area (Å²) in [7, 11) is 3.41. The number of nitrogens with zero attached hydrogens (tertiary/aromatic N) is 1. The van der Waals surface area contributed by atoms with Gasteiger partial charge in [-0.2, -0.15) is 0 Å². The Morgan fingerprint density at radius 1 is 1.36 bits per heavy atom. The van der Waals surface area contributed by atoms with Crippen LogP contribution in [0.2, 0.25) is 0 Å². The third kappa shape index (κ3) is 2.56. The fourth-order valence-corrected chi connectivity index (χ4v) is 1.92. The smallest absolute Gasteiger partial charge is 0.169 e. The van der Waals surface area contributed by atoms with Gasteiger partial charge >= 0.3 is 0 Å². The van der Waals surface area contributed by atoms with Crippen LogP contribution < -0.4 is 5.32 Å². The van der Waals surface area contributed by atoms with Gasteiger partial charge in [0.1, 0.15) is 12.2 Å². The van der Waals surface area contributed by atoms with Crippen LogP contribution in [-0.4, -0.2) is 56.1 Å². The zero-order valence-electron chi connectivity index (χ0n) is 8.95. The molecule has 1 aliphatic heterocycles. The zero-order valence-corrected chi connectivity index (χ0v) is 9.76. The van der Waals surface area contributed by atoms with Gasteiger partial charge in [-0.25, -0.2) is 0 Å². The first-order valence-corrected chi connectivity index (χ1v) is 5.22. The van der Waals surface area contributed by atoms with Crippen molar-refractivity contribution in [2.75, 3.05) is 33.9 Å². The van der Waals surface area contributed by atoms with E-state index in [0.717, 1.165) is 24.7 Å². The van der Waals surface area contributed by atoms with Gasteiger partial charge in [0.25, 0.3) is 0 Å². The molecule has 0 bridgehead atoms. The van der Waals surface area contributed by atoms with E-state index in [4.69, 9.17) is 21.7 Å². The summed E-state index contributed by atoms with van der Waals surface area (Å²) in [5, 5.41) is 3.91. The Kier molecular flexibility index (Phi) is 4.57. The van der Waals surface area contributed by atoms with E-state index >= 15 is 0 Å². The first-order chi connectivity index (χ1) is 6.72. The fourth-order valence-electron chi connectivity index (χ4n) is 1.63. The Bertz CT molecular complexity index is 189. The molecule has 0 aromatic rings. The van der Waals surface area contributed by atoms with Gasteiger partial charge in [0.15, 0.2) is 5.11 Å². The van der Waals surface area contributed by atoms with E-state index in [2.05, 4.69) is 10.2 Å². The second-order valence-corrected chi connectivity index (χ2v) is 3.68. The molecule has 1 saturated heterocycles. The molecule has 5 heteroatoms. The van der Waals surface area contributed by atoms with E-state index < -0.39 is 0 Å². The van der Waals surface area contributed by atoms with Gasteiger partial charge in [0.05, 0.1) is 0 Å². The van der Waals surface area contributed by atoms with Gasteiger partial charge in [-0.1, -0.05) is 0 Å². The van der Waals surface area contributed by atoms with E-state index in [1.54, 1.807) is 14.2 Å². The molecule has 0 aromatic carbocycles. The minimum atomic E-state index is 0.122. The predicted octanol–water partition coefficient (Wildman–Crippen LogP) is 0.226. The Hall–Kier alpha value is -0.390. The Labute approximate surface area is 90.5 Å². The average molecular weight is 218 g/mol. The highest BCUT2D eigenvalue weighted by Gasteiger charge is 2.33. The van der Waals surface area contributed by atoms with Crippen LogP contribution in [0.1, 0.15) is 6.92 Å². The van der Waals surface area contributed by atoms with Gasteiger partial charge in [-0.3, -0.25) is 0 Å². The summed E-state index contributed by atoms with van der Waals surface area (Å²) < 4.78 is 10.6. The second-order valence-electron chi connectivity index (χ2n) is 3.29. The largest absolute Gasteiger partial charge is 0.377 e. The average Bonchev–Trinajstić information content (AvgIpc) is 2.61. The molecule has 1 aliphatic rings. The molecular weight excluding hydrogens is 200 g/mol. The van der Waals surface area contributed by atoms with E-state index in [1.165, 1.54) is 0 Å². The van der Waals surface area contributed by atoms with Crippen LogP contribution in [0.25, 0.3) is 0 Å². The van der Waals surface area contributed by atoms with E-state index in [0.29, 0.717) is 0 Å². The molecule has 2 unspecified atom stereocenters. The summed E-state index contributed by atoms with van der Waals surface area (Å²) in [4.78, 5) is 2.08. The number of hydrogen-bond acceptors (Lipinski definition) is 3. The van der Waals surface area contributed by atoms with Gasteiger partial charge in [-0.05, 0) is 19.1 Å². The topological polar surface area (TPSA) is 33.7 Å². The van der Waals surface area contributed by atoms with Gasteiger partial charge in [0, 0.05) is 33.9 Å². The molecule has 14 heavy (non-hydrogen) atoms. The molecule has 0 aromatic heterocycles. The standard InChI is InChI=1S/C9H18N2O2S/c1-4-10-9(14)11-5-7(12-2)8(6-11)13-3/h7-8H,4-6H2,1-3H3,(H,10,14). The minimum Gasteiger partial charge on any atom is -0.377 e. The van der Waals surface area contributed by atoms with Crippen LogP contribution in [0.5, 0.6) is 0 Å². The van der Waals surface area contributed by atoms with E-state index in [1.807, 2.05) is 6.92 Å². The Balaban J connectivity index is 2.48. The van der Waals surface area contributed by atoms with Crippen LogP contribution in [0, 0.1) is 0 Å². The van der Waals surface area contributed by atoms with Gasteiger partial charge in [0.2, 0.25) is 0 Å². The molecule has 1 rings (SSSR count). The quantitative estimate of drug-likeness (QED) is 0.686. The lowest BCUT2D eigenvalue weighted by molar-refractivity contribution is -0.00461. The fraction of sp³-hybridized carbons (Fsp3) is 0.889. The first kappa shape index (κ1) is 11.7. The molecule has 0 radical (unpaired) electrons. The number of ether oxygens (including phenoxy) is 2. The summed E-state index contributed by atoms with van der Waals surface area (Å²) in [6.07, 6.45) is 0.244. The molecule has 0 amide bonds. The number of methoxy groups -OCH3 is 2. The molecule has 1 N–H and O–H groups in total. The summed E-state index contributed by atoms with van der Waals surface area (Å²) in [5.74, 6) is 0. The van der Waals surface area contributed by atoms with E-state index in [-0.39, 0.29) is 12.2 Å². The summed E-state index contributed by atoms with van der Waals surface area (Å²) in [6, 6.07) is 0. The number of hydrogen-bond donors (Lipinski definition) is 1. The molecule has 0 aliphatic carbocycles. The van der Waals surface area contributed by atoms with E-state index in [9.17, 15) is 0 Å². The molecule has 1 fully saturated rings. The third-order valence-corrected chi connectivity index (χ3v) is 2.84. The van der Waals surface area contributed by atoms with Crippen molar-refractivity contribution in [3.63, 3.8) is 0 Å². The Morgan fingerprint density at radius 2 is 1.86 bits per heavy atom. The number of rotatable bonds is 3. The second kappa shape index (κ2) is 5.48. The lowest BCUT2D eigenvalue weighted by atomic mass is 10.3. The monoisotopic (exact) mass is 218 g/mol. The third-order valence-electron chi connectivity index (χ3n) is 2.44. The lowest BCUT2D eigenvalue weighted by Gasteiger charge is -2.19. The summed E-state index contributed by atoms with van der Waals surface area (Å²) in [6.45, 7) is 4.50. The molecule has 1 heterocycles. The predicted molar refractivity (Wildman–Crippen MR) is 59.4 cm³/mol. The number of likely N-dealkylation sites (tertiary alicyclic amines) is 1. The van der Waals surface area contributed by atoms with Crippen molar-refractivity contribution in [3.05, 3.63) is 0 Å². The highest BCUT2D eigenvalue weighted by molar-refractivity contribution is 7.80. The first-order valence-electron chi connectivity index (χ1n) is 4.81. The number of thiocarbonyl (C=S) groups is 1. The highest BCUT2D eigenvalue weighted by atomic mass is 32.1. The molecular formula is C9H18N2O2S. The molecule has 4 nitrogen and oxygen atoms in total. The highest BCUT2D eigenvalue weighted by Crippen LogP contribution is 2.15. The lowest BCUT2D eigenvalue weighted by Crippen LogP contribution is -2.38. The van der Waals surface area contributed by atoms with Crippen molar-refractivity contribution in [1.82, 2.24) is 10.2 Å². The van der Waals surface area contributed by atoms with Gasteiger partial charge in [-0.15, -0.1) is 0 Å². The van der Waals surface area contributed by atoms with Crippen molar-refractivity contribution in [2.24, 2.45) is 0 Å². The maximum absolute atomic E-state index is 5.32. The normalized spacial score (nSPS) is 26.6. The van der Waals surface area contributed by atoms with Crippen LogP contribution in [0.4, 0.5) is 0 Å². The molecule has 2 atom stereocenters. The van der Waals surface area contributed by atoms with Gasteiger partial charge < -0.3 is 19.7 Å². The molecule has 0 saturated carbocycles. The minimum absolute atomic E-state index is 0.122. The zero-order chi connectivity index (χ0) is 10.6. The number of nitrogens with one attached hydrogen (secondary N) is 1. The van der Waals surface area contributed by atoms with Crippen molar-refractivity contribution in [1.29, 1.82) is 0 Å². The van der Waals surface area contributed by atoms with Crippen molar-refractivity contribution in [2.45, 2.75) is 19.1 Å².